The Labute approximate surface area is 130 Å². The second-order valence-corrected chi connectivity index (χ2v) is 6.21. The van der Waals surface area contributed by atoms with E-state index in [1.165, 1.54) is 12.1 Å². The fraction of sp³-hybridized carbons (Fsp3) is 0.188. The van der Waals surface area contributed by atoms with E-state index in [0.717, 1.165) is 0 Å². The number of amides is 1. The Kier molecular flexibility index (Phi) is 5.66. The lowest BCUT2D eigenvalue weighted by Gasteiger charge is -2.08. The highest BCUT2D eigenvalue weighted by molar-refractivity contribution is 7.84. The SMILES string of the molecule is C[S@@](=O)CCC(=O)Nc1ccc(Oc2cccc(F)c2)cc1. The van der Waals surface area contributed by atoms with Gasteiger partial charge in [-0.05, 0) is 36.4 Å². The highest BCUT2D eigenvalue weighted by Gasteiger charge is 2.04. The number of halogens is 1. The summed E-state index contributed by atoms with van der Waals surface area (Å²) >= 11 is 0. The summed E-state index contributed by atoms with van der Waals surface area (Å²) in [5, 5.41) is 2.71. The van der Waals surface area contributed by atoms with Crippen LogP contribution < -0.4 is 10.1 Å². The van der Waals surface area contributed by atoms with Gasteiger partial charge in [0.2, 0.25) is 5.91 Å². The van der Waals surface area contributed by atoms with Crippen molar-refractivity contribution in [3.63, 3.8) is 0 Å². The van der Waals surface area contributed by atoms with Gasteiger partial charge in [-0.15, -0.1) is 0 Å². The molecule has 2 rings (SSSR count). The first-order valence-corrected chi connectivity index (χ1v) is 8.39. The van der Waals surface area contributed by atoms with Gasteiger partial charge in [0.1, 0.15) is 17.3 Å². The molecule has 0 saturated carbocycles. The van der Waals surface area contributed by atoms with Crippen LogP contribution >= 0.6 is 0 Å². The van der Waals surface area contributed by atoms with E-state index >= 15 is 0 Å². The molecule has 0 bridgehead atoms. The molecule has 4 nitrogen and oxygen atoms in total. The van der Waals surface area contributed by atoms with Crippen LogP contribution in [0.4, 0.5) is 10.1 Å². The molecule has 0 aliphatic rings. The van der Waals surface area contributed by atoms with E-state index in [9.17, 15) is 13.4 Å². The number of benzene rings is 2. The number of hydrogen-bond donors (Lipinski definition) is 1. The smallest absolute Gasteiger partial charge is 0.225 e. The third kappa shape index (κ3) is 5.29. The Morgan fingerprint density at radius 3 is 2.55 bits per heavy atom. The van der Waals surface area contributed by atoms with Gasteiger partial charge in [0.15, 0.2) is 0 Å². The van der Waals surface area contributed by atoms with E-state index in [2.05, 4.69) is 5.32 Å². The van der Waals surface area contributed by atoms with Gasteiger partial charge in [0, 0.05) is 41.0 Å². The maximum atomic E-state index is 13.1. The first-order valence-electron chi connectivity index (χ1n) is 6.66. The number of ether oxygens (including phenoxy) is 1. The molecule has 1 amide bonds. The maximum Gasteiger partial charge on any atom is 0.225 e. The van der Waals surface area contributed by atoms with Gasteiger partial charge in [0.25, 0.3) is 0 Å². The molecule has 0 heterocycles. The lowest BCUT2D eigenvalue weighted by molar-refractivity contribution is -0.115. The van der Waals surface area contributed by atoms with Crippen molar-refractivity contribution in [3.05, 3.63) is 54.3 Å². The second-order valence-electron chi connectivity index (χ2n) is 4.66. The van der Waals surface area contributed by atoms with Gasteiger partial charge >= 0.3 is 0 Å². The molecule has 0 unspecified atom stereocenters. The van der Waals surface area contributed by atoms with Crippen molar-refractivity contribution in [3.8, 4) is 11.5 Å². The first-order chi connectivity index (χ1) is 10.5. The van der Waals surface area contributed by atoms with Crippen molar-refractivity contribution >= 4 is 22.4 Å². The Morgan fingerprint density at radius 2 is 1.91 bits per heavy atom. The molecule has 0 aliphatic heterocycles. The van der Waals surface area contributed by atoms with E-state index in [1.54, 1.807) is 42.7 Å². The summed E-state index contributed by atoms with van der Waals surface area (Å²) in [5.41, 5.74) is 0.624. The van der Waals surface area contributed by atoms with Crippen molar-refractivity contribution < 1.29 is 18.1 Å². The van der Waals surface area contributed by atoms with E-state index < -0.39 is 10.8 Å². The lowest BCUT2D eigenvalue weighted by Crippen LogP contribution is -2.14. The number of hydrogen-bond acceptors (Lipinski definition) is 3. The molecule has 6 heteroatoms. The zero-order valence-corrected chi connectivity index (χ0v) is 12.9. The van der Waals surface area contributed by atoms with Crippen molar-refractivity contribution in [2.45, 2.75) is 6.42 Å². The number of carbonyl (C=O) groups is 1. The van der Waals surface area contributed by atoms with E-state index in [-0.39, 0.29) is 18.1 Å². The van der Waals surface area contributed by atoms with Crippen molar-refractivity contribution in [2.24, 2.45) is 0 Å². The van der Waals surface area contributed by atoms with E-state index in [1.807, 2.05) is 0 Å². The normalized spacial score (nSPS) is 11.7. The second kappa shape index (κ2) is 7.70. The Morgan fingerprint density at radius 1 is 1.18 bits per heavy atom. The minimum absolute atomic E-state index is 0.186. The maximum absolute atomic E-state index is 13.1. The number of nitrogens with one attached hydrogen (secondary N) is 1. The average Bonchev–Trinajstić information content (AvgIpc) is 2.47. The van der Waals surface area contributed by atoms with Crippen LogP contribution in [0.25, 0.3) is 0 Å². The molecule has 1 atom stereocenters. The minimum atomic E-state index is -0.984. The molecular formula is C16H16FNO3S. The van der Waals surface area contributed by atoms with Crippen molar-refractivity contribution in [2.75, 3.05) is 17.3 Å². The van der Waals surface area contributed by atoms with Crippen LogP contribution in [-0.4, -0.2) is 22.1 Å². The van der Waals surface area contributed by atoms with Gasteiger partial charge < -0.3 is 10.1 Å². The summed E-state index contributed by atoms with van der Waals surface area (Å²) in [7, 11) is -0.984. The Hall–Kier alpha value is -2.21. The third-order valence-corrected chi connectivity index (χ3v) is 3.57. The van der Waals surface area contributed by atoms with Gasteiger partial charge in [0.05, 0.1) is 0 Å². The van der Waals surface area contributed by atoms with Crippen molar-refractivity contribution in [1.29, 1.82) is 0 Å². The van der Waals surface area contributed by atoms with Crippen LogP contribution in [0.5, 0.6) is 11.5 Å². The molecular weight excluding hydrogens is 305 g/mol. The predicted octanol–water partition coefficient (Wildman–Crippen LogP) is 3.33. The molecule has 0 radical (unpaired) electrons. The number of carbonyl (C=O) groups excluding carboxylic acids is 1. The van der Waals surface area contributed by atoms with Gasteiger partial charge in [-0.3, -0.25) is 9.00 Å². The molecule has 0 saturated heterocycles. The number of anilines is 1. The lowest BCUT2D eigenvalue weighted by atomic mass is 10.3. The monoisotopic (exact) mass is 321 g/mol. The summed E-state index contributed by atoms with van der Waals surface area (Å²) in [4.78, 5) is 11.6. The Bertz CT molecular complexity index is 673. The highest BCUT2D eigenvalue weighted by atomic mass is 32.2. The molecule has 0 spiro atoms. The molecule has 116 valence electrons. The fourth-order valence-corrected chi connectivity index (χ4v) is 2.21. The van der Waals surface area contributed by atoms with Crippen LogP contribution in [0.3, 0.4) is 0 Å². The third-order valence-electron chi connectivity index (χ3n) is 2.79. The molecule has 2 aromatic carbocycles. The van der Waals surface area contributed by atoms with Gasteiger partial charge in [-0.25, -0.2) is 4.39 Å². The summed E-state index contributed by atoms with van der Waals surface area (Å²) in [5.74, 6) is 0.733. The predicted molar refractivity (Wildman–Crippen MR) is 85.1 cm³/mol. The van der Waals surface area contributed by atoms with Crippen LogP contribution in [0.1, 0.15) is 6.42 Å². The van der Waals surface area contributed by atoms with Crippen LogP contribution in [-0.2, 0) is 15.6 Å². The van der Waals surface area contributed by atoms with Gasteiger partial charge in [-0.2, -0.15) is 0 Å². The molecule has 0 aliphatic carbocycles. The van der Waals surface area contributed by atoms with Crippen LogP contribution in [0.15, 0.2) is 48.5 Å². The minimum Gasteiger partial charge on any atom is -0.457 e. The molecule has 2 aromatic rings. The molecule has 0 fully saturated rings. The quantitative estimate of drug-likeness (QED) is 0.888. The largest absolute Gasteiger partial charge is 0.457 e. The molecule has 1 N–H and O–H groups in total. The standard InChI is InChI=1S/C16H16FNO3S/c1-22(20)10-9-16(19)18-13-5-7-14(8-6-13)21-15-4-2-3-12(17)11-15/h2-8,11H,9-10H2,1H3,(H,18,19)/t22-/m1/s1. The summed E-state index contributed by atoms with van der Waals surface area (Å²) in [6.45, 7) is 0. The summed E-state index contributed by atoms with van der Waals surface area (Å²) in [6, 6.07) is 12.6. The zero-order valence-electron chi connectivity index (χ0n) is 12.0. The molecule has 22 heavy (non-hydrogen) atoms. The average molecular weight is 321 g/mol. The topological polar surface area (TPSA) is 55.4 Å². The summed E-state index contributed by atoms with van der Waals surface area (Å²) < 4.78 is 29.5. The Balaban J connectivity index is 1.92. The fourth-order valence-electron chi connectivity index (χ4n) is 1.73. The van der Waals surface area contributed by atoms with E-state index in [4.69, 9.17) is 4.74 Å². The highest BCUT2D eigenvalue weighted by Crippen LogP contribution is 2.23. The number of rotatable bonds is 6. The van der Waals surface area contributed by atoms with Crippen LogP contribution in [0, 0.1) is 5.82 Å². The van der Waals surface area contributed by atoms with Gasteiger partial charge in [-0.1, -0.05) is 6.07 Å². The zero-order chi connectivity index (χ0) is 15.9. The molecule has 0 aromatic heterocycles. The van der Waals surface area contributed by atoms with E-state index in [0.29, 0.717) is 22.9 Å². The van der Waals surface area contributed by atoms with Crippen LogP contribution in [0.2, 0.25) is 0 Å². The first kappa shape index (κ1) is 16.2. The summed E-state index contributed by atoms with van der Waals surface area (Å²) in [6.07, 6.45) is 1.77. The van der Waals surface area contributed by atoms with Crippen molar-refractivity contribution in [1.82, 2.24) is 0 Å².